The number of nitrogens with zero attached hydrogens (tertiary/aromatic N) is 1. The Morgan fingerprint density at radius 3 is 3.12 bits per heavy atom. The van der Waals surface area contributed by atoms with Gasteiger partial charge in [-0.3, -0.25) is 4.79 Å². The lowest BCUT2D eigenvalue weighted by molar-refractivity contribution is -0.130. The van der Waals surface area contributed by atoms with Gasteiger partial charge >= 0.3 is 0 Å². The van der Waals surface area contributed by atoms with Gasteiger partial charge in [0.2, 0.25) is 5.91 Å². The zero-order valence-corrected chi connectivity index (χ0v) is 8.78. The molecule has 2 N–H and O–H groups in total. The molecule has 86 valence electrons. The normalized spacial score (nSPS) is 15.0. The van der Waals surface area contributed by atoms with Gasteiger partial charge in [0.15, 0.2) is 11.6 Å². The van der Waals surface area contributed by atoms with Crippen LogP contribution < -0.4 is 10.5 Å². The van der Waals surface area contributed by atoms with Crippen LogP contribution in [0.2, 0.25) is 0 Å². The second kappa shape index (κ2) is 4.49. The molecule has 0 aliphatic carbocycles. The van der Waals surface area contributed by atoms with E-state index in [1.807, 2.05) is 0 Å². The Balaban J connectivity index is 2.28. The average Bonchev–Trinajstić information content (AvgIpc) is 2.51. The first-order chi connectivity index (χ1) is 7.72. The van der Waals surface area contributed by atoms with Gasteiger partial charge in [0.1, 0.15) is 6.61 Å². The first kappa shape index (κ1) is 10.9. The summed E-state index contributed by atoms with van der Waals surface area (Å²) in [6, 6.07) is 4.70. The van der Waals surface area contributed by atoms with Crippen molar-refractivity contribution in [1.82, 2.24) is 4.90 Å². The lowest BCUT2D eigenvalue weighted by Crippen LogP contribution is -2.36. The largest absolute Gasteiger partial charge is 0.488 e. The van der Waals surface area contributed by atoms with Crippen LogP contribution in [0.5, 0.6) is 5.75 Å². The molecule has 0 radical (unpaired) electrons. The molecule has 5 heteroatoms. The quantitative estimate of drug-likeness (QED) is 0.756. The highest BCUT2D eigenvalue weighted by molar-refractivity contribution is 5.78. The maximum absolute atomic E-state index is 13.4. The number of fused-ring (bicyclic) bond motifs is 1. The van der Waals surface area contributed by atoms with E-state index in [4.69, 9.17) is 10.5 Å². The zero-order valence-electron chi connectivity index (χ0n) is 8.78. The Labute approximate surface area is 92.8 Å². The molecule has 1 aliphatic heterocycles. The van der Waals surface area contributed by atoms with Crippen LogP contribution in [-0.4, -0.2) is 30.5 Å². The van der Waals surface area contributed by atoms with Crippen molar-refractivity contribution >= 4 is 5.91 Å². The van der Waals surface area contributed by atoms with E-state index in [2.05, 4.69) is 0 Å². The van der Waals surface area contributed by atoms with Crippen molar-refractivity contribution in [3.05, 3.63) is 29.6 Å². The van der Waals surface area contributed by atoms with E-state index < -0.39 is 0 Å². The molecular weight excluding hydrogens is 211 g/mol. The Bertz CT molecular complexity index is 409. The molecule has 1 aromatic carbocycles. The number of carbonyl (C=O) groups is 1. The zero-order chi connectivity index (χ0) is 11.5. The molecule has 0 saturated carbocycles. The summed E-state index contributed by atoms with van der Waals surface area (Å²) in [6.07, 6.45) is 0. The van der Waals surface area contributed by atoms with Crippen LogP contribution in [0.1, 0.15) is 5.56 Å². The van der Waals surface area contributed by atoms with Crippen molar-refractivity contribution in [3.63, 3.8) is 0 Å². The summed E-state index contributed by atoms with van der Waals surface area (Å²) in [7, 11) is 0. The third-order valence-corrected chi connectivity index (χ3v) is 2.54. The third-order valence-electron chi connectivity index (χ3n) is 2.54. The summed E-state index contributed by atoms with van der Waals surface area (Å²) in [4.78, 5) is 13.0. The fourth-order valence-electron chi connectivity index (χ4n) is 1.72. The van der Waals surface area contributed by atoms with Gasteiger partial charge in [0.25, 0.3) is 0 Å². The molecule has 1 amide bonds. The van der Waals surface area contributed by atoms with Gasteiger partial charge in [-0.25, -0.2) is 4.39 Å². The molecular formula is C11H13FN2O2. The van der Waals surface area contributed by atoms with Gasteiger partial charge in [-0.05, 0) is 6.07 Å². The minimum absolute atomic E-state index is 0.0371. The number of hydrogen-bond acceptors (Lipinski definition) is 3. The van der Waals surface area contributed by atoms with Crippen LogP contribution in [0, 0.1) is 5.82 Å². The Hall–Kier alpha value is -1.62. The fourth-order valence-corrected chi connectivity index (χ4v) is 1.72. The third kappa shape index (κ3) is 1.99. The van der Waals surface area contributed by atoms with Crippen molar-refractivity contribution in [2.75, 3.05) is 19.7 Å². The number of para-hydroxylation sites is 1. The number of amides is 1. The van der Waals surface area contributed by atoms with Crippen molar-refractivity contribution in [2.45, 2.75) is 6.54 Å². The Kier molecular flexibility index (Phi) is 3.05. The number of halogens is 1. The van der Waals surface area contributed by atoms with E-state index in [0.717, 1.165) is 0 Å². The molecule has 0 aromatic heterocycles. The number of carbonyl (C=O) groups excluding carboxylic acids is 1. The standard InChI is InChI=1S/C11H13FN2O2/c12-9-3-1-2-8-7-14(10(15)6-13)4-5-16-11(8)9/h1-3H,4-7,13H2. The first-order valence-electron chi connectivity index (χ1n) is 5.10. The maximum atomic E-state index is 13.4. The van der Waals surface area contributed by atoms with E-state index in [1.54, 1.807) is 17.0 Å². The van der Waals surface area contributed by atoms with Crippen LogP contribution in [-0.2, 0) is 11.3 Å². The summed E-state index contributed by atoms with van der Waals surface area (Å²) in [5, 5.41) is 0. The topological polar surface area (TPSA) is 55.6 Å². The van der Waals surface area contributed by atoms with Crippen LogP contribution >= 0.6 is 0 Å². The average molecular weight is 224 g/mol. The molecule has 2 rings (SSSR count). The second-order valence-electron chi connectivity index (χ2n) is 3.60. The molecule has 0 spiro atoms. The summed E-state index contributed by atoms with van der Waals surface area (Å²) < 4.78 is 18.7. The SMILES string of the molecule is NCC(=O)N1CCOc2c(F)cccc2C1. The molecule has 0 saturated heterocycles. The van der Waals surface area contributed by atoms with Crippen LogP contribution in [0.25, 0.3) is 0 Å². The molecule has 1 aliphatic rings. The number of ether oxygens (including phenoxy) is 1. The molecule has 0 fully saturated rings. The summed E-state index contributed by atoms with van der Waals surface area (Å²) in [5.41, 5.74) is 5.98. The number of benzene rings is 1. The van der Waals surface area contributed by atoms with Crippen LogP contribution in [0.3, 0.4) is 0 Å². The van der Waals surface area contributed by atoms with Crippen molar-refractivity contribution in [1.29, 1.82) is 0 Å². The maximum Gasteiger partial charge on any atom is 0.236 e. The number of nitrogens with two attached hydrogens (primary N) is 1. The van der Waals surface area contributed by atoms with Crippen LogP contribution in [0.4, 0.5) is 4.39 Å². The summed E-state index contributed by atoms with van der Waals surface area (Å²) in [6.45, 7) is 1.04. The van der Waals surface area contributed by atoms with E-state index >= 15 is 0 Å². The molecule has 0 unspecified atom stereocenters. The van der Waals surface area contributed by atoms with Gasteiger partial charge in [-0.15, -0.1) is 0 Å². The monoisotopic (exact) mass is 224 g/mol. The number of hydrogen-bond donors (Lipinski definition) is 1. The second-order valence-corrected chi connectivity index (χ2v) is 3.60. The Morgan fingerprint density at radius 2 is 2.38 bits per heavy atom. The predicted molar refractivity (Wildman–Crippen MR) is 56.4 cm³/mol. The van der Waals surface area contributed by atoms with Crippen molar-refractivity contribution < 1.29 is 13.9 Å². The van der Waals surface area contributed by atoms with E-state index in [0.29, 0.717) is 25.3 Å². The van der Waals surface area contributed by atoms with Gasteiger partial charge in [0, 0.05) is 12.1 Å². The van der Waals surface area contributed by atoms with E-state index in [-0.39, 0.29) is 24.0 Å². The lowest BCUT2D eigenvalue weighted by atomic mass is 10.2. The summed E-state index contributed by atoms with van der Waals surface area (Å²) in [5.74, 6) is -0.296. The highest BCUT2D eigenvalue weighted by Crippen LogP contribution is 2.26. The highest BCUT2D eigenvalue weighted by Gasteiger charge is 2.20. The molecule has 0 bridgehead atoms. The molecule has 1 aromatic rings. The highest BCUT2D eigenvalue weighted by atomic mass is 19.1. The predicted octanol–water partition coefficient (Wildman–Crippen LogP) is 0.505. The molecule has 1 heterocycles. The molecule has 4 nitrogen and oxygen atoms in total. The minimum atomic E-state index is -0.389. The van der Waals surface area contributed by atoms with Gasteiger partial charge in [0.05, 0.1) is 13.1 Å². The van der Waals surface area contributed by atoms with Gasteiger partial charge < -0.3 is 15.4 Å². The fraction of sp³-hybridized carbons (Fsp3) is 0.364. The smallest absolute Gasteiger partial charge is 0.236 e. The van der Waals surface area contributed by atoms with Crippen LogP contribution in [0.15, 0.2) is 18.2 Å². The van der Waals surface area contributed by atoms with Crippen molar-refractivity contribution in [2.24, 2.45) is 5.73 Å². The van der Waals surface area contributed by atoms with Gasteiger partial charge in [-0.2, -0.15) is 0 Å². The number of rotatable bonds is 1. The molecule has 16 heavy (non-hydrogen) atoms. The lowest BCUT2D eigenvalue weighted by Gasteiger charge is -2.18. The van der Waals surface area contributed by atoms with E-state index in [1.165, 1.54) is 6.07 Å². The molecule has 0 atom stereocenters. The minimum Gasteiger partial charge on any atom is -0.488 e. The first-order valence-corrected chi connectivity index (χ1v) is 5.10. The van der Waals surface area contributed by atoms with E-state index in [9.17, 15) is 9.18 Å². The Morgan fingerprint density at radius 1 is 1.56 bits per heavy atom. The van der Waals surface area contributed by atoms with Gasteiger partial charge in [-0.1, -0.05) is 12.1 Å². The summed E-state index contributed by atoms with van der Waals surface area (Å²) >= 11 is 0. The van der Waals surface area contributed by atoms with Crippen molar-refractivity contribution in [3.8, 4) is 5.75 Å².